The van der Waals surface area contributed by atoms with Crippen molar-refractivity contribution in [3.8, 4) is 0 Å². The van der Waals surface area contributed by atoms with Crippen LogP contribution in [-0.2, 0) is 19.0 Å². The summed E-state index contributed by atoms with van der Waals surface area (Å²) in [7, 11) is -1.64. The molecule has 0 fully saturated rings. The molecule has 0 aliphatic rings. The Hall–Kier alpha value is -0.590. The van der Waals surface area contributed by atoms with Gasteiger partial charge in [-0.1, -0.05) is 28.4 Å². The minimum absolute atomic E-state index is 0.0000694. The Morgan fingerprint density at radius 1 is 1.19 bits per heavy atom. The predicted molar refractivity (Wildman–Crippen MR) is 65.3 cm³/mol. The topological polar surface area (TPSA) is 63.6 Å². The zero-order valence-corrected chi connectivity index (χ0v) is 11.3. The molecule has 1 atom stereocenters. The number of hydrogen-bond donors (Lipinski definition) is 0. The molecule has 0 amide bonds. The summed E-state index contributed by atoms with van der Waals surface area (Å²) in [5.41, 5.74) is 0.932. The van der Waals surface area contributed by atoms with Gasteiger partial charge in [0, 0.05) is 16.4 Å². The lowest BCUT2D eigenvalue weighted by molar-refractivity contribution is 0.598. The number of halogens is 1. The van der Waals surface area contributed by atoms with Gasteiger partial charge in [-0.2, -0.15) is 8.42 Å². The summed E-state index contributed by atoms with van der Waals surface area (Å²) in [4.78, 5) is -0.0000694. The van der Waals surface area contributed by atoms with Crippen molar-refractivity contribution < 1.29 is 12.6 Å². The van der Waals surface area contributed by atoms with Crippen LogP contribution in [0.25, 0.3) is 0 Å². The molecule has 0 saturated carbocycles. The van der Waals surface area contributed by atoms with Gasteiger partial charge in [0.25, 0.3) is 10.0 Å². The maximum atomic E-state index is 11.7. The molecule has 1 unspecified atom stereocenters. The summed E-state index contributed by atoms with van der Waals surface area (Å²) < 4.78 is 38.0. The summed E-state index contributed by atoms with van der Waals surface area (Å²) in [5, 5.41) is 0. The van der Waals surface area contributed by atoms with Gasteiger partial charge in [0.15, 0.2) is 0 Å². The van der Waals surface area contributed by atoms with Crippen molar-refractivity contribution in [1.82, 2.24) is 0 Å². The van der Waals surface area contributed by atoms with E-state index >= 15 is 0 Å². The van der Waals surface area contributed by atoms with E-state index in [0.29, 0.717) is 0 Å². The molecule has 0 spiro atoms. The number of benzene rings is 1. The first-order valence-corrected chi connectivity index (χ1v) is 8.49. The molecule has 1 aromatic carbocycles. The lowest BCUT2D eigenvalue weighted by Gasteiger charge is -2.00. The fourth-order valence-electron chi connectivity index (χ4n) is 0.953. The molecule has 0 N–H and O–H groups in total. The molecule has 1 rings (SSSR count). The quantitative estimate of drug-likeness (QED) is 0.799. The van der Waals surface area contributed by atoms with Gasteiger partial charge in [0.05, 0.1) is 4.90 Å². The van der Waals surface area contributed by atoms with Gasteiger partial charge in [-0.15, -0.1) is 0 Å². The highest BCUT2D eigenvalue weighted by Gasteiger charge is 2.15. The normalized spacial score (nSPS) is 15.4. The van der Waals surface area contributed by atoms with Crippen LogP contribution in [0.15, 0.2) is 32.9 Å². The van der Waals surface area contributed by atoms with E-state index in [9.17, 15) is 12.6 Å². The third-order valence-electron chi connectivity index (χ3n) is 1.88. The third kappa shape index (κ3) is 3.47. The summed E-state index contributed by atoms with van der Waals surface area (Å²) in [5.74, 6) is -0.0142. The molecule has 0 heterocycles. The molecule has 90 valence electrons. The van der Waals surface area contributed by atoms with Gasteiger partial charge in [0.1, 0.15) is 8.94 Å². The highest BCUT2D eigenvalue weighted by Crippen LogP contribution is 2.16. The van der Waals surface area contributed by atoms with E-state index in [2.05, 4.69) is 3.77 Å². The minimum Gasteiger partial charge on any atom is -0.232 e. The van der Waals surface area contributed by atoms with Crippen LogP contribution < -0.4 is 0 Å². The van der Waals surface area contributed by atoms with Crippen molar-refractivity contribution in [3.05, 3.63) is 29.8 Å². The lowest BCUT2D eigenvalue weighted by Crippen LogP contribution is -2.02. The van der Waals surface area contributed by atoms with Crippen molar-refractivity contribution >= 4 is 29.6 Å². The maximum Gasteiger partial charge on any atom is 0.291 e. The first kappa shape index (κ1) is 13.5. The minimum atomic E-state index is -3.93. The van der Waals surface area contributed by atoms with Crippen LogP contribution in [0.5, 0.6) is 0 Å². The van der Waals surface area contributed by atoms with E-state index in [4.69, 9.17) is 10.7 Å². The first-order valence-electron chi connectivity index (χ1n) is 4.54. The lowest BCUT2D eigenvalue weighted by atomic mass is 10.2. The van der Waals surface area contributed by atoms with E-state index in [1.165, 1.54) is 19.1 Å². The van der Waals surface area contributed by atoms with Crippen molar-refractivity contribution in [2.75, 3.05) is 5.75 Å². The van der Waals surface area contributed by atoms with E-state index < -0.39 is 19.0 Å². The molecule has 0 aliphatic heterocycles. The number of rotatable bonds is 3. The molecular formula is C9H12ClNO3S2. The summed E-state index contributed by atoms with van der Waals surface area (Å²) in [6.07, 6.45) is 0. The average molecular weight is 282 g/mol. The van der Waals surface area contributed by atoms with Crippen molar-refractivity contribution in [2.45, 2.75) is 18.7 Å². The summed E-state index contributed by atoms with van der Waals surface area (Å²) in [6.45, 7) is 3.35. The number of nitrogens with zero attached hydrogens (tertiary/aromatic N) is 1. The van der Waals surface area contributed by atoms with Crippen LogP contribution in [0.3, 0.4) is 0 Å². The van der Waals surface area contributed by atoms with Crippen LogP contribution in [0, 0.1) is 6.92 Å². The fourth-order valence-corrected chi connectivity index (χ4v) is 4.04. The van der Waals surface area contributed by atoms with Crippen LogP contribution in [-0.4, -0.2) is 18.4 Å². The van der Waals surface area contributed by atoms with Gasteiger partial charge in [-0.3, -0.25) is 0 Å². The van der Waals surface area contributed by atoms with Gasteiger partial charge >= 0.3 is 0 Å². The zero-order chi connectivity index (χ0) is 12.4. The largest absolute Gasteiger partial charge is 0.291 e. The van der Waals surface area contributed by atoms with Crippen LogP contribution >= 0.6 is 10.7 Å². The Morgan fingerprint density at radius 3 is 2.12 bits per heavy atom. The monoisotopic (exact) mass is 281 g/mol. The smallest absolute Gasteiger partial charge is 0.232 e. The molecule has 4 nitrogen and oxygen atoms in total. The zero-order valence-electron chi connectivity index (χ0n) is 8.88. The number of hydrogen-bond acceptors (Lipinski definition) is 3. The first-order chi connectivity index (χ1) is 7.27. The van der Waals surface area contributed by atoms with Crippen molar-refractivity contribution in [3.63, 3.8) is 0 Å². The van der Waals surface area contributed by atoms with Gasteiger partial charge in [0.2, 0.25) is 0 Å². The second-order valence-electron chi connectivity index (χ2n) is 3.21. The highest BCUT2D eigenvalue weighted by molar-refractivity contribution is 8.19. The molecule has 7 heteroatoms. The van der Waals surface area contributed by atoms with Crippen LogP contribution in [0.2, 0.25) is 0 Å². The maximum absolute atomic E-state index is 11.7. The third-order valence-corrected chi connectivity index (χ3v) is 6.30. The SMILES string of the molecule is CCS(=O)(Cl)=NS(=O)(=O)c1ccc(C)cc1. The Morgan fingerprint density at radius 2 is 1.69 bits per heavy atom. The number of aryl methyl sites for hydroxylation is 1. The van der Waals surface area contributed by atoms with Crippen molar-refractivity contribution in [1.29, 1.82) is 0 Å². The summed E-state index contributed by atoms with van der Waals surface area (Å²) >= 11 is 0. The summed E-state index contributed by atoms with van der Waals surface area (Å²) in [6, 6.07) is 6.11. The molecule has 0 bridgehead atoms. The van der Waals surface area contributed by atoms with Crippen molar-refractivity contribution in [2.24, 2.45) is 3.77 Å². The van der Waals surface area contributed by atoms with E-state index in [1.807, 2.05) is 6.92 Å². The Kier molecular flexibility index (Phi) is 3.98. The van der Waals surface area contributed by atoms with Gasteiger partial charge < -0.3 is 0 Å². The molecule has 0 saturated heterocycles. The second-order valence-corrected chi connectivity index (χ2v) is 8.38. The van der Waals surface area contributed by atoms with E-state index in [-0.39, 0.29) is 10.6 Å². The number of sulfonamides is 1. The van der Waals surface area contributed by atoms with E-state index in [1.54, 1.807) is 12.1 Å². The van der Waals surface area contributed by atoms with Crippen LogP contribution in [0.1, 0.15) is 12.5 Å². The average Bonchev–Trinajstić information content (AvgIpc) is 2.17. The van der Waals surface area contributed by atoms with Gasteiger partial charge in [-0.05, 0) is 19.1 Å². The predicted octanol–water partition coefficient (Wildman–Crippen LogP) is 2.33. The highest BCUT2D eigenvalue weighted by atomic mass is 35.7. The van der Waals surface area contributed by atoms with Gasteiger partial charge in [-0.25, -0.2) is 4.21 Å². The molecule has 16 heavy (non-hydrogen) atoms. The Balaban J connectivity index is 3.29. The molecule has 0 radical (unpaired) electrons. The molecule has 0 aliphatic carbocycles. The fraction of sp³-hybridized carbons (Fsp3) is 0.333. The Bertz CT molecular complexity index is 584. The van der Waals surface area contributed by atoms with Crippen LogP contribution in [0.4, 0.5) is 0 Å². The molecule has 1 aromatic rings. The Labute approximate surface area is 100 Å². The molecular weight excluding hydrogens is 270 g/mol. The molecule has 0 aromatic heterocycles. The van der Waals surface area contributed by atoms with E-state index in [0.717, 1.165) is 5.56 Å². The standard InChI is InChI=1S/C9H12ClNO3S2/c1-3-15(10,12)11-16(13,14)9-6-4-8(2)5-7-9/h4-7H,3H2,1-2H3. The second kappa shape index (κ2) is 4.73.